The van der Waals surface area contributed by atoms with E-state index in [9.17, 15) is 13.2 Å². The summed E-state index contributed by atoms with van der Waals surface area (Å²) in [5.74, 6) is 1.55. The van der Waals surface area contributed by atoms with Gasteiger partial charge >= 0.3 is 0 Å². The summed E-state index contributed by atoms with van der Waals surface area (Å²) in [6, 6.07) is 7.87. The van der Waals surface area contributed by atoms with Crippen molar-refractivity contribution in [2.45, 2.75) is 57.5 Å². The van der Waals surface area contributed by atoms with Crippen molar-refractivity contribution in [1.29, 1.82) is 0 Å². The van der Waals surface area contributed by atoms with Gasteiger partial charge in [0.1, 0.15) is 23.4 Å². The Balaban J connectivity index is 1.81. The van der Waals surface area contributed by atoms with Gasteiger partial charge in [-0.25, -0.2) is 8.42 Å². The van der Waals surface area contributed by atoms with Crippen LogP contribution in [0.25, 0.3) is 0 Å². The SMILES string of the molecule is CCCCC(N=C1NS(=O)(=O)c2ccccc21)C(=O)NCc1cc(C)oc1C. The molecular formula is C20H25N3O4S. The number of carbonyl (C=O) groups is 1. The Morgan fingerprint density at radius 2 is 2.04 bits per heavy atom. The van der Waals surface area contributed by atoms with Gasteiger partial charge in [0.05, 0.1) is 4.90 Å². The fourth-order valence-electron chi connectivity index (χ4n) is 3.20. The number of sulfonamides is 1. The average Bonchev–Trinajstić information content (AvgIpc) is 3.12. The van der Waals surface area contributed by atoms with E-state index >= 15 is 0 Å². The van der Waals surface area contributed by atoms with Crippen LogP contribution in [0.4, 0.5) is 0 Å². The smallest absolute Gasteiger partial charge is 0.263 e. The summed E-state index contributed by atoms with van der Waals surface area (Å²) in [6.45, 7) is 6.09. The summed E-state index contributed by atoms with van der Waals surface area (Å²) in [4.78, 5) is 17.4. The number of aliphatic imine (C=N–C) groups is 1. The van der Waals surface area contributed by atoms with Crippen LogP contribution >= 0.6 is 0 Å². The minimum Gasteiger partial charge on any atom is -0.466 e. The number of benzene rings is 1. The molecule has 1 amide bonds. The lowest BCUT2D eigenvalue weighted by atomic mass is 10.1. The first-order valence-electron chi connectivity index (χ1n) is 9.35. The van der Waals surface area contributed by atoms with Gasteiger partial charge in [-0.15, -0.1) is 0 Å². The zero-order valence-electron chi connectivity index (χ0n) is 16.3. The molecule has 1 unspecified atom stereocenters. The van der Waals surface area contributed by atoms with Crippen LogP contribution in [-0.2, 0) is 21.4 Å². The Morgan fingerprint density at radius 1 is 1.29 bits per heavy atom. The molecule has 0 fully saturated rings. The molecule has 0 radical (unpaired) electrons. The molecule has 150 valence electrons. The number of amides is 1. The van der Waals surface area contributed by atoms with E-state index in [0.29, 0.717) is 18.5 Å². The van der Waals surface area contributed by atoms with E-state index in [1.54, 1.807) is 18.2 Å². The predicted octanol–water partition coefficient (Wildman–Crippen LogP) is 2.81. The molecule has 2 N–H and O–H groups in total. The monoisotopic (exact) mass is 403 g/mol. The topological polar surface area (TPSA) is 101 Å². The lowest BCUT2D eigenvalue weighted by Crippen LogP contribution is -2.35. The zero-order chi connectivity index (χ0) is 20.3. The van der Waals surface area contributed by atoms with Crippen molar-refractivity contribution in [3.8, 4) is 0 Å². The number of nitrogens with one attached hydrogen (secondary N) is 2. The van der Waals surface area contributed by atoms with Gasteiger partial charge in [0.15, 0.2) is 0 Å². The van der Waals surface area contributed by atoms with E-state index in [2.05, 4.69) is 15.0 Å². The van der Waals surface area contributed by atoms with Gasteiger partial charge < -0.3 is 9.73 Å². The van der Waals surface area contributed by atoms with Gasteiger partial charge in [0.2, 0.25) is 5.91 Å². The first-order chi connectivity index (χ1) is 13.3. The number of nitrogens with zero attached hydrogens (tertiary/aromatic N) is 1. The van der Waals surface area contributed by atoms with E-state index in [-0.39, 0.29) is 16.6 Å². The molecule has 2 heterocycles. The Labute approximate surface area is 165 Å². The maximum absolute atomic E-state index is 12.8. The predicted molar refractivity (Wildman–Crippen MR) is 107 cm³/mol. The van der Waals surface area contributed by atoms with Crippen molar-refractivity contribution in [3.63, 3.8) is 0 Å². The van der Waals surface area contributed by atoms with E-state index < -0.39 is 16.1 Å². The summed E-state index contributed by atoms with van der Waals surface area (Å²) in [5, 5.41) is 2.90. The van der Waals surface area contributed by atoms with Crippen LogP contribution in [0.2, 0.25) is 0 Å². The molecule has 1 aliphatic rings. The Bertz CT molecular complexity index is 1010. The highest BCUT2D eigenvalue weighted by Gasteiger charge is 2.31. The molecule has 1 aromatic carbocycles. The number of hydrogen-bond acceptors (Lipinski definition) is 5. The maximum Gasteiger partial charge on any atom is 0.263 e. The molecule has 0 saturated carbocycles. The van der Waals surface area contributed by atoms with Crippen LogP contribution in [0.5, 0.6) is 0 Å². The fraction of sp³-hybridized carbons (Fsp3) is 0.400. The molecule has 1 aromatic heterocycles. The minimum atomic E-state index is -3.63. The van der Waals surface area contributed by atoms with Gasteiger partial charge in [-0.2, -0.15) is 0 Å². The first-order valence-corrected chi connectivity index (χ1v) is 10.8. The number of unbranched alkanes of at least 4 members (excludes halogenated alkanes) is 1. The summed E-state index contributed by atoms with van der Waals surface area (Å²) in [6.07, 6.45) is 2.27. The molecule has 28 heavy (non-hydrogen) atoms. The van der Waals surface area contributed by atoms with Crippen molar-refractivity contribution in [2.75, 3.05) is 0 Å². The third-order valence-corrected chi connectivity index (χ3v) is 6.08. The molecule has 7 nitrogen and oxygen atoms in total. The van der Waals surface area contributed by atoms with E-state index in [1.165, 1.54) is 6.07 Å². The van der Waals surface area contributed by atoms with Crippen molar-refractivity contribution < 1.29 is 17.6 Å². The summed E-state index contributed by atoms with van der Waals surface area (Å²) in [7, 11) is -3.63. The fourth-order valence-corrected chi connectivity index (χ4v) is 4.44. The summed E-state index contributed by atoms with van der Waals surface area (Å²) >= 11 is 0. The van der Waals surface area contributed by atoms with Crippen molar-refractivity contribution in [2.24, 2.45) is 4.99 Å². The highest BCUT2D eigenvalue weighted by Crippen LogP contribution is 2.23. The van der Waals surface area contributed by atoms with Crippen molar-refractivity contribution >= 4 is 21.8 Å². The average molecular weight is 404 g/mol. The minimum absolute atomic E-state index is 0.188. The third-order valence-electron chi connectivity index (χ3n) is 4.68. The normalized spacial score (nSPS) is 17.2. The molecule has 8 heteroatoms. The van der Waals surface area contributed by atoms with Crippen molar-refractivity contribution in [1.82, 2.24) is 10.0 Å². The molecule has 0 bridgehead atoms. The highest BCUT2D eigenvalue weighted by atomic mass is 32.2. The third kappa shape index (κ3) is 4.27. The molecule has 1 aliphatic heterocycles. The van der Waals surface area contributed by atoms with Crippen LogP contribution in [0.3, 0.4) is 0 Å². The van der Waals surface area contributed by atoms with Gasteiger partial charge in [0.25, 0.3) is 10.0 Å². The van der Waals surface area contributed by atoms with Crippen molar-refractivity contribution in [3.05, 3.63) is 53.0 Å². The van der Waals surface area contributed by atoms with E-state index in [4.69, 9.17) is 4.42 Å². The molecule has 2 aromatic rings. The number of amidine groups is 1. The maximum atomic E-state index is 12.8. The molecular weight excluding hydrogens is 378 g/mol. The number of rotatable bonds is 7. The standard InChI is InChI=1S/C20H25N3O4S/c1-4-5-9-17(20(24)21-12-15-11-13(2)27-14(15)3)22-19-16-8-6-7-10-18(16)28(25,26)23-19/h6-8,10-11,17H,4-5,9,12H2,1-3H3,(H,21,24)(H,22,23). The first kappa shape index (κ1) is 20.1. The Kier molecular flexibility index (Phi) is 5.88. The second-order valence-corrected chi connectivity index (χ2v) is 8.54. The summed E-state index contributed by atoms with van der Waals surface area (Å²) in [5.41, 5.74) is 1.41. The van der Waals surface area contributed by atoms with Crippen LogP contribution < -0.4 is 10.0 Å². The van der Waals surface area contributed by atoms with Crippen LogP contribution in [0, 0.1) is 13.8 Å². The Morgan fingerprint density at radius 3 is 2.71 bits per heavy atom. The Hall–Kier alpha value is -2.61. The molecule has 3 rings (SSSR count). The molecule has 0 saturated heterocycles. The highest BCUT2D eigenvalue weighted by molar-refractivity contribution is 7.90. The number of carbonyl (C=O) groups excluding carboxylic acids is 1. The second kappa shape index (κ2) is 8.18. The second-order valence-electron chi connectivity index (χ2n) is 6.89. The number of fused-ring (bicyclic) bond motifs is 1. The number of hydrogen-bond donors (Lipinski definition) is 2. The van der Waals surface area contributed by atoms with Gasteiger partial charge in [-0.3, -0.25) is 14.5 Å². The van der Waals surface area contributed by atoms with Crippen LogP contribution in [-0.4, -0.2) is 26.2 Å². The molecule has 1 atom stereocenters. The van der Waals surface area contributed by atoms with Crippen LogP contribution in [0.15, 0.2) is 44.6 Å². The lowest BCUT2D eigenvalue weighted by Gasteiger charge is -2.14. The number of aryl methyl sites for hydroxylation is 2. The summed E-state index contributed by atoms with van der Waals surface area (Å²) < 4.78 is 32.5. The van der Waals surface area contributed by atoms with E-state index in [0.717, 1.165) is 29.9 Å². The lowest BCUT2D eigenvalue weighted by molar-refractivity contribution is -0.122. The largest absolute Gasteiger partial charge is 0.466 e. The molecule has 0 aliphatic carbocycles. The molecule has 0 spiro atoms. The van der Waals surface area contributed by atoms with Gasteiger partial charge in [0, 0.05) is 17.7 Å². The van der Waals surface area contributed by atoms with E-state index in [1.807, 2.05) is 26.8 Å². The van der Waals surface area contributed by atoms with Crippen LogP contribution in [0.1, 0.15) is 48.8 Å². The number of furan rings is 1. The van der Waals surface area contributed by atoms with Gasteiger partial charge in [-0.05, 0) is 38.5 Å². The quantitative estimate of drug-likeness (QED) is 0.742. The van der Waals surface area contributed by atoms with Gasteiger partial charge in [-0.1, -0.05) is 31.9 Å². The zero-order valence-corrected chi connectivity index (χ0v) is 17.1.